The Morgan fingerprint density at radius 2 is 1.73 bits per heavy atom. The number of hydrogen-bond acceptors (Lipinski definition) is 8. The van der Waals surface area contributed by atoms with Crippen LogP contribution in [0, 0.1) is 0 Å². The van der Waals surface area contributed by atoms with Gasteiger partial charge in [0.05, 0.1) is 4.90 Å². The van der Waals surface area contributed by atoms with Crippen molar-refractivity contribution in [3.05, 3.63) is 30.5 Å². The molecule has 1 aromatic carbocycles. The molecule has 2 amide bonds. The Labute approximate surface area is 242 Å². The minimum absolute atomic E-state index is 0.199. The van der Waals surface area contributed by atoms with E-state index in [4.69, 9.17) is 9.47 Å². The van der Waals surface area contributed by atoms with Gasteiger partial charge in [-0.3, -0.25) is 0 Å². The standard InChI is InChI=1S/C28H42N4O6S2/c1-20-19-31(26(34)38-28(5,6)7)15-8-9-16-32(20)40(35,36)22-10-11-23-21(18-22)12-13-29-24(23)39-17-14-30-25(33)37-27(2,3)4/h10-13,18,20H,8-9,14-17,19H2,1-7H3,(H,30,33). The van der Waals surface area contributed by atoms with E-state index in [1.54, 1.807) is 35.4 Å². The van der Waals surface area contributed by atoms with Gasteiger partial charge in [0.2, 0.25) is 10.0 Å². The Morgan fingerprint density at radius 1 is 1.05 bits per heavy atom. The number of rotatable bonds is 6. The maximum Gasteiger partial charge on any atom is 0.410 e. The second-order valence-electron chi connectivity index (χ2n) is 11.9. The fraction of sp³-hybridized carbons (Fsp3) is 0.607. The Bertz CT molecular complexity index is 1300. The van der Waals surface area contributed by atoms with E-state index in [2.05, 4.69) is 10.3 Å². The van der Waals surface area contributed by atoms with E-state index in [0.29, 0.717) is 38.2 Å². The molecule has 3 rings (SSSR count). The van der Waals surface area contributed by atoms with Crippen LogP contribution in [0.5, 0.6) is 0 Å². The van der Waals surface area contributed by atoms with Crippen molar-refractivity contribution in [2.75, 3.05) is 31.9 Å². The fourth-order valence-electron chi connectivity index (χ4n) is 4.30. The summed E-state index contributed by atoms with van der Waals surface area (Å²) >= 11 is 1.47. The number of pyridine rings is 1. The van der Waals surface area contributed by atoms with Gasteiger partial charge >= 0.3 is 12.2 Å². The Kier molecular flexibility index (Phi) is 10.3. The summed E-state index contributed by atoms with van der Waals surface area (Å²) in [5.41, 5.74) is -1.19. The molecular weight excluding hydrogens is 552 g/mol. The predicted molar refractivity (Wildman–Crippen MR) is 157 cm³/mol. The molecule has 0 spiro atoms. The largest absolute Gasteiger partial charge is 0.444 e. The molecule has 40 heavy (non-hydrogen) atoms. The lowest BCUT2D eigenvalue weighted by Crippen LogP contribution is -2.50. The lowest BCUT2D eigenvalue weighted by molar-refractivity contribution is 0.0197. The molecule has 1 unspecified atom stereocenters. The first-order valence-electron chi connectivity index (χ1n) is 13.5. The van der Waals surface area contributed by atoms with Crippen LogP contribution >= 0.6 is 11.8 Å². The van der Waals surface area contributed by atoms with Crippen molar-refractivity contribution in [2.24, 2.45) is 0 Å². The number of nitrogens with zero attached hydrogens (tertiary/aromatic N) is 3. The molecule has 2 heterocycles. The molecule has 0 saturated carbocycles. The number of ether oxygens (including phenoxy) is 2. The predicted octanol–water partition coefficient (Wildman–Crippen LogP) is 5.26. The summed E-state index contributed by atoms with van der Waals surface area (Å²) < 4.78 is 39.9. The van der Waals surface area contributed by atoms with Gasteiger partial charge in [0.1, 0.15) is 16.2 Å². The zero-order valence-electron chi connectivity index (χ0n) is 24.5. The maximum absolute atomic E-state index is 13.8. The number of amides is 2. The Balaban J connectivity index is 1.72. The highest BCUT2D eigenvalue weighted by Gasteiger charge is 2.33. The van der Waals surface area contributed by atoms with E-state index in [1.165, 1.54) is 16.1 Å². The second-order valence-corrected chi connectivity index (χ2v) is 14.8. The summed E-state index contributed by atoms with van der Waals surface area (Å²) in [5, 5.41) is 5.07. The third-order valence-electron chi connectivity index (χ3n) is 6.00. The SMILES string of the molecule is CC1CN(C(=O)OC(C)(C)C)CCCCN1S(=O)(=O)c1ccc2c(SCCNC(=O)OC(C)(C)C)nccc2c1. The van der Waals surface area contributed by atoms with Crippen LogP contribution in [-0.4, -0.2) is 84.0 Å². The van der Waals surface area contributed by atoms with Gasteiger partial charge in [0.15, 0.2) is 0 Å². The van der Waals surface area contributed by atoms with Gasteiger partial charge in [-0.05, 0) is 84.9 Å². The molecule has 1 N–H and O–H groups in total. The van der Waals surface area contributed by atoms with Crippen LogP contribution in [0.2, 0.25) is 0 Å². The number of benzene rings is 1. The van der Waals surface area contributed by atoms with Gasteiger partial charge in [0.25, 0.3) is 0 Å². The lowest BCUT2D eigenvalue weighted by atomic mass is 10.2. The molecule has 2 aromatic rings. The highest BCUT2D eigenvalue weighted by atomic mass is 32.2. The van der Waals surface area contributed by atoms with Crippen LogP contribution in [0.25, 0.3) is 10.8 Å². The third-order valence-corrected chi connectivity index (χ3v) is 9.02. The average Bonchev–Trinajstić information content (AvgIpc) is 2.81. The first-order valence-corrected chi connectivity index (χ1v) is 16.0. The number of alkyl carbamates (subject to hydrolysis) is 1. The highest BCUT2D eigenvalue weighted by molar-refractivity contribution is 7.99. The molecule has 0 radical (unpaired) electrons. The Hall–Kier alpha value is -2.57. The summed E-state index contributed by atoms with van der Waals surface area (Å²) in [5.74, 6) is 0.574. The number of carbonyl (C=O) groups excluding carboxylic acids is 2. The third kappa shape index (κ3) is 8.97. The minimum atomic E-state index is -3.82. The van der Waals surface area contributed by atoms with E-state index in [-0.39, 0.29) is 11.4 Å². The van der Waals surface area contributed by atoms with Gasteiger partial charge < -0.3 is 19.7 Å². The van der Waals surface area contributed by atoms with Crippen molar-refractivity contribution < 1.29 is 27.5 Å². The average molecular weight is 595 g/mol. The van der Waals surface area contributed by atoms with Crippen LogP contribution in [0.15, 0.2) is 40.4 Å². The van der Waals surface area contributed by atoms with Gasteiger partial charge in [-0.15, -0.1) is 11.8 Å². The first-order chi connectivity index (χ1) is 18.6. The molecule has 12 heteroatoms. The number of hydrogen-bond donors (Lipinski definition) is 1. The van der Waals surface area contributed by atoms with Crippen LogP contribution in [0.4, 0.5) is 9.59 Å². The summed E-state index contributed by atoms with van der Waals surface area (Å²) in [6, 6.07) is 6.43. The molecule has 1 fully saturated rings. The molecule has 1 aliphatic heterocycles. The van der Waals surface area contributed by atoms with E-state index < -0.39 is 39.5 Å². The second kappa shape index (κ2) is 12.9. The number of nitrogens with one attached hydrogen (secondary N) is 1. The van der Waals surface area contributed by atoms with Crippen molar-refractivity contribution in [1.29, 1.82) is 0 Å². The summed E-state index contributed by atoms with van der Waals surface area (Å²) in [6.07, 6.45) is 2.08. The number of carbonyl (C=O) groups is 2. The minimum Gasteiger partial charge on any atom is -0.444 e. The normalized spacial score (nSPS) is 17.7. The Morgan fingerprint density at radius 3 is 2.40 bits per heavy atom. The molecule has 1 atom stereocenters. The summed E-state index contributed by atoms with van der Waals surface area (Å²) in [6.45, 7) is 14.3. The van der Waals surface area contributed by atoms with E-state index in [1.807, 2.05) is 48.5 Å². The maximum atomic E-state index is 13.8. The van der Waals surface area contributed by atoms with Crippen molar-refractivity contribution in [3.8, 4) is 0 Å². The van der Waals surface area contributed by atoms with E-state index in [0.717, 1.165) is 15.8 Å². The molecule has 1 saturated heterocycles. The smallest absolute Gasteiger partial charge is 0.410 e. The molecule has 222 valence electrons. The van der Waals surface area contributed by atoms with E-state index in [9.17, 15) is 18.0 Å². The van der Waals surface area contributed by atoms with Crippen LogP contribution < -0.4 is 5.32 Å². The monoisotopic (exact) mass is 594 g/mol. The zero-order chi connectivity index (χ0) is 29.7. The van der Waals surface area contributed by atoms with Crippen LogP contribution in [0.3, 0.4) is 0 Å². The van der Waals surface area contributed by atoms with Crippen molar-refractivity contribution in [3.63, 3.8) is 0 Å². The van der Waals surface area contributed by atoms with Crippen LogP contribution in [-0.2, 0) is 19.5 Å². The number of sulfonamides is 1. The zero-order valence-corrected chi connectivity index (χ0v) is 26.2. The molecule has 0 aliphatic carbocycles. The molecule has 1 aliphatic rings. The quantitative estimate of drug-likeness (QED) is 0.355. The molecule has 10 nitrogen and oxygen atoms in total. The number of aromatic nitrogens is 1. The number of thioether (sulfide) groups is 1. The van der Waals surface area contributed by atoms with Crippen molar-refractivity contribution in [1.82, 2.24) is 19.5 Å². The molecular formula is C28H42N4O6S2. The van der Waals surface area contributed by atoms with E-state index >= 15 is 0 Å². The summed E-state index contributed by atoms with van der Waals surface area (Å²) in [7, 11) is -3.82. The van der Waals surface area contributed by atoms with Gasteiger partial charge in [-0.1, -0.05) is 6.07 Å². The van der Waals surface area contributed by atoms with Gasteiger partial charge in [-0.25, -0.2) is 23.0 Å². The van der Waals surface area contributed by atoms with Crippen molar-refractivity contribution in [2.45, 2.75) is 88.5 Å². The molecule has 0 bridgehead atoms. The topological polar surface area (TPSA) is 118 Å². The molecule has 1 aromatic heterocycles. The first kappa shape index (κ1) is 32.0. The van der Waals surface area contributed by atoms with Crippen LogP contribution in [0.1, 0.15) is 61.3 Å². The summed E-state index contributed by atoms with van der Waals surface area (Å²) in [4.78, 5) is 30.8. The lowest BCUT2D eigenvalue weighted by Gasteiger charge is -2.36. The highest BCUT2D eigenvalue weighted by Crippen LogP contribution is 2.30. The fourth-order valence-corrected chi connectivity index (χ4v) is 6.87. The van der Waals surface area contributed by atoms with Gasteiger partial charge in [0, 0.05) is 49.6 Å². The van der Waals surface area contributed by atoms with Crippen molar-refractivity contribution >= 4 is 44.7 Å². The number of fused-ring (bicyclic) bond motifs is 1. The van der Waals surface area contributed by atoms with Gasteiger partial charge in [-0.2, -0.15) is 4.31 Å².